The number of anilines is 1. The Balaban J connectivity index is 1.89. The van der Waals surface area contributed by atoms with Crippen LogP contribution in [0.5, 0.6) is 0 Å². The van der Waals surface area contributed by atoms with Crippen LogP contribution in [0.15, 0.2) is 67.0 Å². The number of aliphatic hydroxyl groups excluding tert-OH is 1. The van der Waals surface area contributed by atoms with E-state index < -0.39 is 29.6 Å². The van der Waals surface area contributed by atoms with Gasteiger partial charge >= 0.3 is 18.0 Å². The Morgan fingerprint density at radius 2 is 1.41 bits per heavy atom. The first-order valence-electron chi connectivity index (χ1n) is 9.15. The van der Waals surface area contributed by atoms with Crippen LogP contribution in [0.25, 0.3) is 11.3 Å². The number of benzene rings is 2. The molecule has 0 saturated heterocycles. The number of nitrogens with one attached hydrogen (secondary N) is 1. The zero-order valence-electron chi connectivity index (χ0n) is 16.1. The van der Waals surface area contributed by atoms with Crippen LogP contribution in [0, 0.1) is 0 Å². The summed E-state index contributed by atoms with van der Waals surface area (Å²) in [5.74, 6) is 0.257. The van der Waals surface area contributed by atoms with Gasteiger partial charge in [-0.05, 0) is 5.56 Å². The Bertz CT molecular complexity index is 1020. The van der Waals surface area contributed by atoms with Gasteiger partial charge in [-0.15, -0.1) is 0 Å². The molecule has 0 spiro atoms. The minimum absolute atomic E-state index is 0.145. The highest BCUT2D eigenvalue weighted by atomic mass is 19.4. The van der Waals surface area contributed by atoms with Crippen LogP contribution in [0.1, 0.15) is 17.2 Å². The molecule has 2 aromatic carbocycles. The number of nitrogens with zero attached hydrogens (tertiary/aromatic N) is 2. The molecule has 0 radical (unpaired) electrons. The number of aromatic nitrogens is 2. The molecule has 32 heavy (non-hydrogen) atoms. The summed E-state index contributed by atoms with van der Waals surface area (Å²) in [4.78, 5) is 7.96. The summed E-state index contributed by atoms with van der Waals surface area (Å²) >= 11 is 0. The molecule has 3 aromatic rings. The Kier molecular flexibility index (Phi) is 6.40. The van der Waals surface area contributed by atoms with Crippen molar-refractivity contribution in [2.45, 2.75) is 24.1 Å². The molecular formula is C21H16F7N3O. The molecule has 1 heterocycles. The number of hydrogen-bond acceptors (Lipinski definition) is 4. The molecule has 0 bridgehead atoms. The summed E-state index contributed by atoms with van der Waals surface area (Å²) in [7, 11) is 0. The summed E-state index contributed by atoms with van der Waals surface area (Å²) in [6.07, 6.45) is -11.2. The van der Waals surface area contributed by atoms with Crippen LogP contribution in [0.2, 0.25) is 0 Å². The van der Waals surface area contributed by atoms with Gasteiger partial charge < -0.3 is 10.4 Å². The van der Waals surface area contributed by atoms with E-state index in [2.05, 4.69) is 15.3 Å². The molecule has 0 aliphatic rings. The van der Waals surface area contributed by atoms with E-state index in [1.807, 2.05) is 0 Å². The average Bonchev–Trinajstić information content (AvgIpc) is 2.76. The van der Waals surface area contributed by atoms with Crippen molar-refractivity contribution in [2.75, 3.05) is 11.9 Å². The lowest BCUT2D eigenvalue weighted by molar-refractivity contribution is -0.348. The Morgan fingerprint density at radius 1 is 0.812 bits per heavy atom. The first-order chi connectivity index (χ1) is 15.0. The van der Waals surface area contributed by atoms with Crippen LogP contribution in [0.4, 0.5) is 36.6 Å². The average molecular weight is 459 g/mol. The summed E-state index contributed by atoms with van der Waals surface area (Å²) in [5, 5.41) is 12.6. The van der Waals surface area contributed by atoms with Crippen molar-refractivity contribution < 1.29 is 35.8 Å². The normalized spacial score (nSPS) is 13.6. The summed E-state index contributed by atoms with van der Waals surface area (Å²) in [5.41, 5.74) is -6.01. The van der Waals surface area contributed by atoms with Crippen LogP contribution < -0.4 is 5.32 Å². The van der Waals surface area contributed by atoms with Crippen molar-refractivity contribution in [2.24, 2.45) is 0 Å². The molecule has 0 fully saturated rings. The smallest absolute Gasteiger partial charge is 0.394 e. The van der Waals surface area contributed by atoms with Crippen LogP contribution in [-0.2, 0) is 5.67 Å². The minimum atomic E-state index is -6.19. The molecular weight excluding hydrogens is 443 g/mol. The van der Waals surface area contributed by atoms with Gasteiger partial charge in [-0.2, -0.15) is 26.3 Å². The van der Waals surface area contributed by atoms with Gasteiger partial charge in [-0.1, -0.05) is 54.6 Å². The fourth-order valence-corrected chi connectivity index (χ4v) is 3.05. The second-order valence-electron chi connectivity index (χ2n) is 6.81. The van der Waals surface area contributed by atoms with Gasteiger partial charge in [-0.3, -0.25) is 0 Å². The second-order valence-corrected chi connectivity index (χ2v) is 6.81. The Hall–Kier alpha value is -3.21. The maximum Gasteiger partial charge on any atom is 0.435 e. The number of halogens is 7. The van der Waals surface area contributed by atoms with E-state index in [9.17, 15) is 35.8 Å². The molecule has 11 heteroatoms. The van der Waals surface area contributed by atoms with E-state index in [0.29, 0.717) is 12.1 Å². The van der Waals surface area contributed by atoms with Gasteiger partial charge in [0.25, 0.3) is 0 Å². The standard InChI is InChI=1S/C21H16F7N3O/c22-19(20(23,24)25,21(26,27)28)15-8-6-14(7-9-15)16-10-18(30-12-29-16)31-17(11-32)13-4-2-1-3-5-13/h1-10,12,17,32H,11H2,(H,29,30,31). The highest BCUT2D eigenvalue weighted by molar-refractivity contribution is 5.63. The topological polar surface area (TPSA) is 58.0 Å². The van der Waals surface area contributed by atoms with Crippen molar-refractivity contribution in [1.29, 1.82) is 0 Å². The van der Waals surface area contributed by atoms with Gasteiger partial charge in [-0.25, -0.2) is 14.4 Å². The lowest BCUT2D eigenvalue weighted by Gasteiger charge is -2.30. The predicted molar refractivity (Wildman–Crippen MR) is 102 cm³/mol. The fraction of sp³-hybridized carbons (Fsp3) is 0.238. The lowest BCUT2D eigenvalue weighted by atomic mass is 9.93. The fourth-order valence-electron chi connectivity index (χ4n) is 3.05. The van der Waals surface area contributed by atoms with E-state index in [-0.39, 0.29) is 23.7 Å². The Morgan fingerprint density at radius 3 is 1.94 bits per heavy atom. The third-order valence-corrected chi connectivity index (χ3v) is 4.73. The van der Waals surface area contributed by atoms with E-state index in [0.717, 1.165) is 24.0 Å². The lowest BCUT2D eigenvalue weighted by Crippen LogP contribution is -2.50. The van der Waals surface area contributed by atoms with Crippen molar-refractivity contribution in [3.05, 3.63) is 78.1 Å². The first-order valence-corrected chi connectivity index (χ1v) is 9.15. The van der Waals surface area contributed by atoms with Crippen molar-refractivity contribution in [3.8, 4) is 11.3 Å². The largest absolute Gasteiger partial charge is 0.435 e. The van der Waals surface area contributed by atoms with E-state index >= 15 is 0 Å². The molecule has 0 saturated carbocycles. The molecule has 0 aliphatic carbocycles. The van der Waals surface area contributed by atoms with Crippen LogP contribution >= 0.6 is 0 Å². The van der Waals surface area contributed by atoms with Crippen molar-refractivity contribution in [3.63, 3.8) is 0 Å². The molecule has 0 aliphatic heterocycles. The maximum absolute atomic E-state index is 14.2. The summed E-state index contributed by atoms with van der Waals surface area (Å²) < 4.78 is 91.6. The highest BCUT2D eigenvalue weighted by Crippen LogP contribution is 2.53. The molecule has 2 N–H and O–H groups in total. The molecule has 1 unspecified atom stereocenters. The quantitative estimate of drug-likeness (QED) is 0.473. The summed E-state index contributed by atoms with van der Waals surface area (Å²) in [6.45, 7) is -0.272. The maximum atomic E-state index is 14.2. The minimum Gasteiger partial charge on any atom is -0.394 e. The molecule has 3 rings (SSSR count). The molecule has 170 valence electrons. The molecule has 4 nitrogen and oxygen atoms in total. The van der Waals surface area contributed by atoms with E-state index in [1.165, 1.54) is 6.07 Å². The monoisotopic (exact) mass is 459 g/mol. The number of alkyl halides is 7. The molecule has 1 atom stereocenters. The zero-order valence-corrected chi connectivity index (χ0v) is 16.1. The van der Waals surface area contributed by atoms with Gasteiger partial charge in [0.05, 0.1) is 18.3 Å². The number of rotatable bonds is 6. The van der Waals surface area contributed by atoms with Crippen molar-refractivity contribution in [1.82, 2.24) is 9.97 Å². The predicted octanol–water partition coefficient (Wildman–Crippen LogP) is 5.58. The van der Waals surface area contributed by atoms with E-state index in [1.54, 1.807) is 30.3 Å². The SMILES string of the molecule is OCC(Nc1cc(-c2ccc(C(F)(C(F)(F)F)C(F)(F)F)cc2)ncn1)c1ccccc1. The van der Waals surface area contributed by atoms with Gasteiger partial charge in [0.2, 0.25) is 0 Å². The first kappa shape index (κ1) is 23.5. The molecule has 1 aromatic heterocycles. The van der Waals surface area contributed by atoms with Crippen LogP contribution in [0.3, 0.4) is 0 Å². The number of aliphatic hydroxyl groups is 1. The Labute approximate surface area is 177 Å². The second kappa shape index (κ2) is 8.73. The van der Waals surface area contributed by atoms with E-state index in [4.69, 9.17) is 0 Å². The zero-order chi connectivity index (χ0) is 23.6. The van der Waals surface area contributed by atoms with Gasteiger partial charge in [0.15, 0.2) is 0 Å². The highest BCUT2D eigenvalue weighted by Gasteiger charge is 2.73. The van der Waals surface area contributed by atoms with Gasteiger partial charge in [0, 0.05) is 17.2 Å². The third kappa shape index (κ3) is 4.52. The third-order valence-electron chi connectivity index (χ3n) is 4.73. The van der Waals surface area contributed by atoms with Crippen molar-refractivity contribution >= 4 is 5.82 Å². The molecule has 0 amide bonds. The number of hydrogen-bond donors (Lipinski definition) is 2. The van der Waals surface area contributed by atoms with Crippen LogP contribution in [-0.4, -0.2) is 34.0 Å². The van der Waals surface area contributed by atoms with Gasteiger partial charge in [0.1, 0.15) is 12.1 Å². The summed E-state index contributed by atoms with van der Waals surface area (Å²) in [6, 6.07) is 12.5.